The van der Waals surface area contributed by atoms with E-state index >= 15 is 0 Å². The average molecular weight is 327 g/mol. The average Bonchev–Trinajstić information content (AvgIpc) is 3.09. The molecule has 0 aliphatic heterocycles. The molecule has 2 nitrogen and oxygen atoms in total. The van der Waals surface area contributed by atoms with E-state index in [4.69, 9.17) is 4.74 Å². The first-order valence-electron chi connectivity index (χ1n) is 7.50. The Morgan fingerprint density at radius 2 is 1.65 bits per heavy atom. The summed E-state index contributed by atoms with van der Waals surface area (Å²) in [5.74, 6) is 0.551. The van der Waals surface area contributed by atoms with Gasteiger partial charge in [-0.1, -0.05) is 42.5 Å². The molecule has 1 heterocycles. The summed E-state index contributed by atoms with van der Waals surface area (Å²) in [5.41, 5.74) is 1.63. The van der Waals surface area contributed by atoms with Crippen molar-refractivity contribution < 1.29 is 9.13 Å². The summed E-state index contributed by atoms with van der Waals surface area (Å²) in [6.07, 6.45) is 0. The van der Waals surface area contributed by atoms with Crippen LogP contribution >= 0.6 is 11.3 Å². The zero-order chi connectivity index (χ0) is 15.9. The molecule has 0 atom stereocenters. The summed E-state index contributed by atoms with van der Waals surface area (Å²) in [4.78, 5) is 1.30. The van der Waals surface area contributed by atoms with Crippen molar-refractivity contribution in [3.8, 4) is 5.75 Å². The van der Waals surface area contributed by atoms with Gasteiger partial charge in [-0.25, -0.2) is 4.39 Å². The number of nitrogens with one attached hydrogen (secondary N) is 1. The van der Waals surface area contributed by atoms with Crippen molar-refractivity contribution in [1.82, 2.24) is 5.32 Å². The minimum atomic E-state index is -0.235. The third-order valence-corrected chi connectivity index (χ3v) is 4.38. The van der Waals surface area contributed by atoms with Crippen molar-refractivity contribution in [2.75, 3.05) is 0 Å². The molecule has 118 valence electrons. The van der Waals surface area contributed by atoms with Gasteiger partial charge < -0.3 is 10.1 Å². The first-order chi connectivity index (χ1) is 11.3. The summed E-state index contributed by atoms with van der Waals surface area (Å²) < 4.78 is 19.5. The highest BCUT2D eigenvalue weighted by molar-refractivity contribution is 7.09. The highest BCUT2D eigenvalue weighted by Gasteiger charge is 2.06. The first kappa shape index (κ1) is 15.7. The second-order valence-corrected chi connectivity index (χ2v) is 6.20. The molecule has 0 aliphatic rings. The van der Waals surface area contributed by atoms with Crippen molar-refractivity contribution in [1.29, 1.82) is 0 Å². The minimum absolute atomic E-state index is 0.231. The first-order valence-corrected chi connectivity index (χ1v) is 8.38. The van der Waals surface area contributed by atoms with Crippen molar-refractivity contribution in [3.63, 3.8) is 0 Å². The fourth-order valence-electron chi connectivity index (χ4n) is 2.30. The van der Waals surface area contributed by atoms with E-state index in [2.05, 4.69) is 16.8 Å². The number of halogens is 1. The number of hydrogen-bond donors (Lipinski definition) is 1. The van der Waals surface area contributed by atoms with Crippen molar-refractivity contribution >= 4 is 11.3 Å². The zero-order valence-electron chi connectivity index (χ0n) is 12.7. The molecular formula is C19H18FNOS. The molecule has 4 heteroatoms. The van der Waals surface area contributed by atoms with Gasteiger partial charge in [0.15, 0.2) is 0 Å². The molecule has 23 heavy (non-hydrogen) atoms. The van der Waals surface area contributed by atoms with Crippen LogP contribution in [0, 0.1) is 5.82 Å². The van der Waals surface area contributed by atoms with E-state index in [1.54, 1.807) is 23.5 Å². The second-order valence-electron chi connectivity index (χ2n) is 5.17. The van der Waals surface area contributed by atoms with Crippen LogP contribution < -0.4 is 10.1 Å². The highest BCUT2D eigenvalue weighted by Crippen LogP contribution is 2.20. The molecule has 3 rings (SSSR count). The molecule has 0 amide bonds. The number of thiophene rings is 1. The Labute approximate surface area is 139 Å². The van der Waals surface area contributed by atoms with Crippen LogP contribution in [0.25, 0.3) is 0 Å². The van der Waals surface area contributed by atoms with E-state index in [9.17, 15) is 4.39 Å². The third-order valence-electron chi connectivity index (χ3n) is 3.51. The smallest absolute Gasteiger partial charge is 0.129 e. The lowest BCUT2D eigenvalue weighted by atomic mass is 10.2. The van der Waals surface area contributed by atoms with Gasteiger partial charge in [0.2, 0.25) is 0 Å². The minimum Gasteiger partial charge on any atom is -0.488 e. The van der Waals surface area contributed by atoms with Crippen LogP contribution in [0.4, 0.5) is 4.39 Å². The van der Waals surface area contributed by atoms with E-state index in [0.717, 1.165) is 17.9 Å². The van der Waals surface area contributed by atoms with Gasteiger partial charge >= 0.3 is 0 Å². The van der Waals surface area contributed by atoms with E-state index < -0.39 is 0 Å². The summed E-state index contributed by atoms with van der Waals surface area (Å²) >= 11 is 1.74. The normalized spacial score (nSPS) is 10.7. The van der Waals surface area contributed by atoms with Crippen molar-refractivity contribution in [3.05, 3.63) is 87.9 Å². The van der Waals surface area contributed by atoms with E-state index in [1.807, 2.05) is 36.4 Å². The zero-order valence-corrected chi connectivity index (χ0v) is 13.5. The van der Waals surface area contributed by atoms with Gasteiger partial charge in [0.05, 0.1) is 0 Å². The van der Waals surface area contributed by atoms with Gasteiger partial charge in [-0.3, -0.25) is 0 Å². The van der Waals surface area contributed by atoms with Gasteiger partial charge in [0.25, 0.3) is 0 Å². The predicted octanol–water partition coefficient (Wildman–Crippen LogP) is 4.76. The molecule has 0 radical (unpaired) electrons. The molecular weight excluding hydrogens is 309 g/mol. The van der Waals surface area contributed by atoms with Crippen LogP contribution in [0.2, 0.25) is 0 Å². The Kier molecular flexibility index (Phi) is 5.40. The van der Waals surface area contributed by atoms with Gasteiger partial charge in [-0.2, -0.15) is 0 Å². The lowest BCUT2D eigenvalue weighted by Gasteiger charge is -2.12. The summed E-state index contributed by atoms with van der Waals surface area (Å²) in [6, 6.07) is 18.7. The lowest BCUT2D eigenvalue weighted by molar-refractivity contribution is 0.296. The lowest BCUT2D eigenvalue weighted by Crippen LogP contribution is -2.13. The van der Waals surface area contributed by atoms with Crippen molar-refractivity contribution in [2.45, 2.75) is 19.7 Å². The Hall–Kier alpha value is -2.17. The monoisotopic (exact) mass is 327 g/mol. The molecule has 1 N–H and O–H groups in total. The van der Waals surface area contributed by atoms with Gasteiger partial charge in [0.1, 0.15) is 18.2 Å². The summed E-state index contributed by atoms with van der Waals surface area (Å²) in [7, 11) is 0. The SMILES string of the molecule is Fc1ccccc1COc1ccccc1CNCc1cccs1. The summed E-state index contributed by atoms with van der Waals surface area (Å²) in [6.45, 7) is 1.78. The number of ether oxygens (including phenoxy) is 1. The Bertz CT molecular complexity index is 743. The molecule has 1 aromatic heterocycles. The molecule has 0 aliphatic carbocycles. The molecule has 0 unspecified atom stereocenters. The molecule has 0 saturated heterocycles. The quantitative estimate of drug-likeness (QED) is 0.676. The molecule has 2 aromatic carbocycles. The van der Waals surface area contributed by atoms with Crippen LogP contribution in [0.1, 0.15) is 16.0 Å². The van der Waals surface area contributed by atoms with Gasteiger partial charge in [-0.15, -0.1) is 11.3 Å². The number of rotatable bonds is 7. The fourth-order valence-corrected chi connectivity index (χ4v) is 2.97. The van der Waals surface area contributed by atoms with Crippen LogP contribution in [-0.4, -0.2) is 0 Å². The second kappa shape index (κ2) is 7.90. The number of hydrogen-bond acceptors (Lipinski definition) is 3. The van der Waals surface area contributed by atoms with E-state index in [1.165, 1.54) is 10.9 Å². The Morgan fingerprint density at radius 1 is 0.870 bits per heavy atom. The molecule has 0 bridgehead atoms. The Morgan fingerprint density at radius 3 is 2.43 bits per heavy atom. The fraction of sp³-hybridized carbons (Fsp3) is 0.158. The van der Waals surface area contributed by atoms with Gasteiger partial charge in [0, 0.05) is 29.1 Å². The number of benzene rings is 2. The van der Waals surface area contributed by atoms with Crippen molar-refractivity contribution in [2.24, 2.45) is 0 Å². The maximum Gasteiger partial charge on any atom is 0.129 e. The molecule has 0 fully saturated rings. The van der Waals surface area contributed by atoms with Gasteiger partial charge in [-0.05, 0) is 23.6 Å². The maximum atomic E-state index is 13.7. The molecule has 3 aromatic rings. The van der Waals surface area contributed by atoms with E-state index in [0.29, 0.717) is 12.1 Å². The Balaban J connectivity index is 1.60. The van der Waals surface area contributed by atoms with Crippen LogP contribution in [-0.2, 0) is 19.7 Å². The maximum absolute atomic E-state index is 13.7. The third kappa shape index (κ3) is 4.41. The number of para-hydroxylation sites is 1. The van der Waals surface area contributed by atoms with Crippen LogP contribution in [0.15, 0.2) is 66.0 Å². The molecule has 0 spiro atoms. The highest BCUT2D eigenvalue weighted by atomic mass is 32.1. The van der Waals surface area contributed by atoms with Crippen LogP contribution in [0.3, 0.4) is 0 Å². The topological polar surface area (TPSA) is 21.3 Å². The largest absolute Gasteiger partial charge is 0.488 e. The standard InChI is InChI=1S/C19H18FNOS/c20-18-9-3-1-7-16(18)14-22-19-10-4-2-6-15(19)12-21-13-17-8-5-11-23-17/h1-11,21H,12-14H2. The van der Waals surface area contributed by atoms with Crippen LogP contribution in [0.5, 0.6) is 5.75 Å². The van der Waals surface area contributed by atoms with E-state index in [-0.39, 0.29) is 12.4 Å². The molecule has 0 saturated carbocycles. The summed E-state index contributed by atoms with van der Waals surface area (Å²) in [5, 5.41) is 5.48. The predicted molar refractivity (Wildman–Crippen MR) is 92.0 cm³/mol.